The van der Waals surface area contributed by atoms with Crippen LogP contribution in [-0.2, 0) is 9.59 Å². The van der Waals surface area contributed by atoms with Crippen LogP contribution in [0.25, 0.3) is 0 Å². The van der Waals surface area contributed by atoms with Crippen molar-refractivity contribution in [2.45, 2.75) is 50.7 Å². The summed E-state index contributed by atoms with van der Waals surface area (Å²) >= 11 is 0. The number of carbonyl (C=O) groups excluding carboxylic acids is 2. The summed E-state index contributed by atoms with van der Waals surface area (Å²) in [6.45, 7) is 4.90. The van der Waals surface area contributed by atoms with E-state index in [1.807, 2.05) is 6.07 Å². The van der Waals surface area contributed by atoms with Gasteiger partial charge in [0.2, 0.25) is 11.9 Å². The summed E-state index contributed by atoms with van der Waals surface area (Å²) in [7, 11) is 0. The molecule has 0 aromatic carbocycles. The number of piperazine rings is 1. The number of nitrogens with zero attached hydrogens (tertiary/aromatic N) is 5. The Morgan fingerprint density at radius 2 is 1.73 bits per heavy atom. The molecule has 2 amide bonds. The quantitative estimate of drug-likeness (QED) is 0.493. The zero-order chi connectivity index (χ0) is 21.1. The first-order valence-corrected chi connectivity index (χ1v) is 10.9. The van der Waals surface area contributed by atoms with Crippen LogP contribution in [-0.4, -0.2) is 93.3 Å². The summed E-state index contributed by atoms with van der Waals surface area (Å²) in [4.78, 5) is 39.6. The molecule has 164 valence electrons. The van der Waals surface area contributed by atoms with E-state index in [0.717, 1.165) is 51.5 Å². The van der Waals surface area contributed by atoms with Gasteiger partial charge in [-0.2, -0.15) is 0 Å². The topological polar surface area (TPSA) is 110 Å². The molecule has 2 saturated heterocycles. The number of rotatable bonds is 6. The molecule has 0 bridgehead atoms. The number of anilines is 1. The van der Waals surface area contributed by atoms with Gasteiger partial charge in [0.1, 0.15) is 6.10 Å². The molecule has 3 fully saturated rings. The molecular weight excluding hydrogens is 386 g/mol. The van der Waals surface area contributed by atoms with E-state index in [9.17, 15) is 19.8 Å². The number of unbranched alkanes of at least 4 members (excludes halogenated alkanes) is 1. The van der Waals surface area contributed by atoms with Crippen molar-refractivity contribution in [2.24, 2.45) is 5.41 Å². The van der Waals surface area contributed by atoms with Crippen LogP contribution in [0.15, 0.2) is 18.5 Å². The first-order chi connectivity index (χ1) is 14.5. The van der Waals surface area contributed by atoms with E-state index in [1.165, 1.54) is 4.90 Å². The third kappa shape index (κ3) is 4.33. The number of likely N-dealkylation sites (tertiary alicyclic amines) is 1. The second-order valence-corrected chi connectivity index (χ2v) is 8.81. The number of piperidine rings is 1. The minimum atomic E-state index is -1.18. The molecule has 1 aliphatic carbocycles. The first-order valence-electron chi connectivity index (χ1n) is 10.9. The molecule has 30 heavy (non-hydrogen) atoms. The van der Waals surface area contributed by atoms with Crippen LogP contribution < -0.4 is 4.90 Å². The molecule has 1 saturated carbocycles. The lowest BCUT2D eigenvalue weighted by atomic mass is 9.74. The molecule has 3 heterocycles. The predicted octanol–water partition coefficient (Wildman–Crippen LogP) is 0.0298. The van der Waals surface area contributed by atoms with Crippen molar-refractivity contribution in [2.75, 3.05) is 44.2 Å². The number of aromatic nitrogens is 2. The molecule has 9 nitrogen and oxygen atoms in total. The lowest BCUT2D eigenvalue weighted by molar-refractivity contribution is -0.167. The van der Waals surface area contributed by atoms with Gasteiger partial charge in [-0.3, -0.25) is 19.4 Å². The normalized spacial score (nSPS) is 30.5. The van der Waals surface area contributed by atoms with Crippen LogP contribution in [0, 0.1) is 5.41 Å². The Balaban J connectivity index is 1.19. The number of carbonyl (C=O) groups is 2. The number of aliphatic hydroxyl groups excluding tert-OH is 2. The largest absolute Gasteiger partial charge is 0.393 e. The van der Waals surface area contributed by atoms with E-state index in [4.69, 9.17) is 0 Å². The smallest absolute Gasteiger partial charge is 0.258 e. The third-order valence-corrected chi connectivity index (χ3v) is 6.82. The highest BCUT2D eigenvalue weighted by Gasteiger charge is 2.54. The molecule has 2 aliphatic heterocycles. The zero-order valence-electron chi connectivity index (χ0n) is 17.3. The second-order valence-electron chi connectivity index (χ2n) is 8.81. The molecule has 3 atom stereocenters. The molecular formula is C21H31N5O4. The summed E-state index contributed by atoms with van der Waals surface area (Å²) < 4.78 is 0. The van der Waals surface area contributed by atoms with Crippen molar-refractivity contribution >= 4 is 17.8 Å². The molecule has 1 spiro atoms. The van der Waals surface area contributed by atoms with Crippen LogP contribution in [0.3, 0.4) is 0 Å². The monoisotopic (exact) mass is 417 g/mol. The van der Waals surface area contributed by atoms with E-state index in [2.05, 4.69) is 19.8 Å². The lowest BCUT2D eigenvalue weighted by Gasteiger charge is -2.41. The molecule has 9 heteroatoms. The van der Waals surface area contributed by atoms with Gasteiger partial charge in [-0.05, 0) is 44.7 Å². The van der Waals surface area contributed by atoms with Gasteiger partial charge < -0.3 is 15.1 Å². The number of amides is 2. The van der Waals surface area contributed by atoms with E-state index in [0.29, 0.717) is 25.8 Å². The number of imide groups is 1. The van der Waals surface area contributed by atoms with Crippen LogP contribution in [0.1, 0.15) is 38.5 Å². The van der Waals surface area contributed by atoms with Crippen molar-refractivity contribution in [3.63, 3.8) is 0 Å². The zero-order valence-corrected chi connectivity index (χ0v) is 17.3. The van der Waals surface area contributed by atoms with E-state index < -0.39 is 23.5 Å². The Kier molecular flexibility index (Phi) is 6.31. The first kappa shape index (κ1) is 21.1. The van der Waals surface area contributed by atoms with Gasteiger partial charge in [-0.15, -0.1) is 0 Å². The molecule has 3 aliphatic rings. The maximum absolute atomic E-state index is 12.6. The van der Waals surface area contributed by atoms with Gasteiger partial charge in [-0.1, -0.05) is 0 Å². The van der Waals surface area contributed by atoms with Crippen LogP contribution in [0.4, 0.5) is 5.95 Å². The fourth-order valence-corrected chi connectivity index (χ4v) is 5.03. The van der Waals surface area contributed by atoms with Gasteiger partial charge in [0.25, 0.3) is 5.91 Å². The van der Waals surface area contributed by atoms with Gasteiger partial charge in [0.15, 0.2) is 0 Å². The highest BCUT2D eigenvalue weighted by Crippen LogP contribution is 2.47. The number of hydrogen-bond donors (Lipinski definition) is 2. The fourth-order valence-electron chi connectivity index (χ4n) is 5.03. The lowest BCUT2D eigenvalue weighted by Crippen LogP contribution is -2.57. The van der Waals surface area contributed by atoms with Crippen LogP contribution in [0.5, 0.6) is 0 Å². The summed E-state index contributed by atoms with van der Waals surface area (Å²) in [6, 6.07) is 1.81. The minimum absolute atomic E-state index is 0.153. The number of hydrogen-bond acceptors (Lipinski definition) is 8. The maximum atomic E-state index is 12.6. The third-order valence-electron chi connectivity index (χ3n) is 6.82. The van der Waals surface area contributed by atoms with Crippen molar-refractivity contribution < 1.29 is 19.8 Å². The van der Waals surface area contributed by atoms with Crippen molar-refractivity contribution in [3.8, 4) is 0 Å². The average Bonchev–Trinajstić information content (AvgIpc) is 3.14. The van der Waals surface area contributed by atoms with E-state index in [1.54, 1.807) is 12.4 Å². The predicted molar refractivity (Wildman–Crippen MR) is 110 cm³/mol. The molecule has 1 aromatic heterocycles. The summed E-state index contributed by atoms with van der Waals surface area (Å²) in [5.41, 5.74) is -0.758. The van der Waals surface area contributed by atoms with Crippen LogP contribution >= 0.6 is 0 Å². The SMILES string of the molecule is O=C1CC2(CCC(O)C2)C(O)C(=O)N1CCCCN1CCN(c2ncccn2)CC1. The Morgan fingerprint density at radius 3 is 2.40 bits per heavy atom. The Morgan fingerprint density at radius 1 is 1.03 bits per heavy atom. The minimum Gasteiger partial charge on any atom is -0.393 e. The summed E-state index contributed by atoms with van der Waals surface area (Å²) in [5.74, 6) is 0.0677. The molecule has 3 unspecified atom stereocenters. The average molecular weight is 418 g/mol. The Bertz CT molecular complexity index is 755. The highest BCUT2D eigenvalue weighted by atomic mass is 16.3. The number of aliphatic hydroxyl groups is 2. The highest BCUT2D eigenvalue weighted by molar-refractivity contribution is 6.01. The molecule has 2 N–H and O–H groups in total. The fraction of sp³-hybridized carbons (Fsp3) is 0.714. The van der Waals surface area contributed by atoms with Gasteiger partial charge in [0.05, 0.1) is 6.10 Å². The van der Waals surface area contributed by atoms with Crippen LogP contribution in [0.2, 0.25) is 0 Å². The summed E-state index contributed by atoms with van der Waals surface area (Å²) in [5, 5.41) is 20.4. The van der Waals surface area contributed by atoms with E-state index in [-0.39, 0.29) is 12.3 Å². The van der Waals surface area contributed by atoms with E-state index >= 15 is 0 Å². The molecule has 0 radical (unpaired) electrons. The molecule has 4 rings (SSSR count). The maximum Gasteiger partial charge on any atom is 0.258 e. The summed E-state index contributed by atoms with van der Waals surface area (Å²) in [6.07, 6.45) is 4.97. The van der Waals surface area contributed by atoms with Gasteiger partial charge in [0, 0.05) is 57.0 Å². The van der Waals surface area contributed by atoms with Crippen molar-refractivity contribution in [1.82, 2.24) is 19.8 Å². The second kappa shape index (κ2) is 8.95. The molecule has 1 aromatic rings. The van der Waals surface area contributed by atoms with Crippen molar-refractivity contribution in [1.29, 1.82) is 0 Å². The Hall–Kier alpha value is -2.10. The standard InChI is InChI=1S/C21H31N5O4/c27-16-4-5-21(14-16)15-17(28)26(19(30)18(21)29)9-2-1-8-24-10-12-25(13-11-24)20-22-6-3-7-23-20/h3,6-7,16,18,27,29H,1-2,4-5,8-15H2. The van der Waals surface area contributed by atoms with Gasteiger partial charge in [-0.25, -0.2) is 9.97 Å². The van der Waals surface area contributed by atoms with Gasteiger partial charge >= 0.3 is 0 Å². The van der Waals surface area contributed by atoms with Crippen molar-refractivity contribution in [3.05, 3.63) is 18.5 Å². The Labute approximate surface area is 176 Å².